The molecule has 0 unspecified atom stereocenters. The van der Waals surface area contributed by atoms with E-state index in [0.717, 1.165) is 13.1 Å². The molecular formula is C6H13Cl2N. The van der Waals surface area contributed by atoms with Gasteiger partial charge in [-0.25, -0.2) is 0 Å². The van der Waals surface area contributed by atoms with Crippen LogP contribution in [-0.2, 0) is 0 Å². The molecule has 0 rings (SSSR count). The van der Waals surface area contributed by atoms with Crippen molar-refractivity contribution in [1.82, 2.24) is 4.90 Å². The van der Waals surface area contributed by atoms with Gasteiger partial charge in [-0.2, -0.15) is 0 Å². The highest BCUT2D eigenvalue weighted by Crippen LogP contribution is 1.83. The Labute approximate surface area is 68.1 Å². The molecule has 0 N–H and O–H groups in total. The SMILES string of the molecule is C=CCN(C)CCCl.Cl. The molecule has 0 fully saturated rings. The van der Waals surface area contributed by atoms with Crippen molar-refractivity contribution in [3.05, 3.63) is 12.7 Å². The van der Waals surface area contributed by atoms with Crippen molar-refractivity contribution >= 4 is 24.0 Å². The summed E-state index contributed by atoms with van der Waals surface area (Å²) in [5.74, 6) is 0.699. The van der Waals surface area contributed by atoms with Gasteiger partial charge in [0.25, 0.3) is 0 Å². The van der Waals surface area contributed by atoms with E-state index in [1.165, 1.54) is 0 Å². The zero-order valence-electron chi connectivity index (χ0n) is 5.64. The summed E-state index contributed by atoms with van der Waals surface area (Å²) in [6.45, 7) is 5.46. The maximum Gasteiger partial charge on any atom is 0.0351 e. The summed E-state index contributed by atoms with van der Waals surface area (Å²) >= 11 is 5.46. The average molecular weight is 170 g/mol. The molecule has 0 amide bonds. The van der Waals surface area contributed by atoms with Crippen LogP contribution < -0.4 is 0 Å². The van der Waals surface area contributed by atoms with E-state index < -0.39 is 0 Å². The highest BCUT2D eigenvalue weighted by molar-refractivity contribution is 6.18. The van der Waals surface area contributed by atoms with Crippen LogP contribution in [0.25, 0.3) is 0 Å². The molecule has 0 atom stereocenters. The van der Waals surface area contributed by atoms with E-state index >= 15 is 0 Å². The van der Waals surface area contributed by atoms with Gasteiger partial charge >= 0.3 is 0 Å². The van der Waals surface area contributed by atoms with Crippen LogP contribution in [0.5, 0.6) is 0 Å². The summed E-state index contributed by atoms with van der Waals surface area (Å²) in [5.41, 5.74) is 0. The molecule has 0 aromatic carbocycles. The van der Waals surface area contributed by atoms with Crippen molar-refractivity contribution in [2.24, 2.45) is 0 Å². The maximum atomic E-state index is 5.46. The van der Waals surface area contributed by atoms with Crippen molar-refractivity contribution in [3.8, 4) is 0 Å². The molecular weight excluding hydrogens is 157 g/mol. The second-order valence-corrected chi connectivity index (χ2v) is 2.12. The molecule has 0 aliphatic rings. The predicted molar refractivity (Wildman–Crippen MR) is 45.7 cm³/mol. The minimum Gasteiger partial charge on any atom is -0.302 e. The lowest BCUT2D eigenvalue weighted by molar-refractivity contribution is 0.395. The molecule has 0 aromatic rings. The minimum absolute atomic E-state index is 0. The molecule has 0 spiro atoms. The third kappa shape index (κ3) is 8.28. The van der Waals surface area contributed by atoms with Crippen LogP contribution in [-0.4, -0.2) is 30.9 Å². The second-order valence-electron chi connectivity index (χ2n) is 1.74. The molecule has 0 aliphatic heterocycles. The normalized spacial score (nSPS) is 8.78. The molecule has 0 aliphatic carbocycles. The maximum absolute atomic E-state index is 5.46. The smallest absolute Gasteiger partial charge is 0.0351 e. The Bertz CT molecular complexity index is 66.1. The van der Waals surface area contributed by atoms with Crippen molar-refractivity contribution in [3.63, 3.8) is 0 Å². The fraction of sp³-hybridized carbons (Fsp3) is 0.667. The van der Waals surface area contributed by atoms with Crippen molar-refractivity contribution in [2.75, 3.05) is 26.0 Å². The Hall–Kier alpha value is 0.280. The van der Waals surface area contributed by atoms with Crippen LogP contribution in [0.4, 0.5) is 0 Å². The van der Waals surface area contributed by atoms with Crippen molar-refractivity contribution in [1.29, 1.82) is 0 Å². The van der Waals surface area contributed by atoms with E-state index in [4.69, 9.17) is 11.6 Å². The summed E-state index contributed by atoms with van der Waals surface area (Å²) in [5, 5.41) is 0. The van der Waals surface area contributed by atoms with Crippen LogP contribution in [0.2, 0.25) is 0 Å². The fourth-order valence-electron chi connectivity index (χ4n) is 0.456. The van der Waals surface area contributed by atoms with Gasteiger partial charge in [0.1, 0.15) is 0 Å². The summed E-state index contributed by atoms with van der Waals surface area (Å²) < 4.78 is 0. The van der Waals surface area contributed by atoms with E-state index in [-0.39, 0.29) is 12.4 Å². The molecule has 0 aromatic heterocycles. The first-order chi connectivity index (χ1) is 3.81. The number of halogens is 2. The molecule has 0 radical (unpaired) electrons. The number of nitrogens with zero attached hydrogens (tertiary/aromatic N) is 1. The topological polar surface area (TPSA) is 3.24 Å². The molecule has 56 valence electrons. The summed E-state index contributed by atoms with van der Waals surface area (Å²) in [4.78, 5) is 2.11. The number of rotatable bonds is 4. The number of hydrogen-bond acceptors (Lipinski definition) is 1. The monoisotopic (exact) mass is 169 g/mol. The third-order valence-electron chi connectivity index (χ3n) is 0.907. The van der Waals surface area contributed by atoms with E-state index in [1.807, 2.05) is 13.1 Å². The Morgan fingerprint density at radius 2 is 2.22 bits per heavy atom. The van der Waals surface area contributed by atoms with E-state index in [9.17, 15) is 0 Å². The van der Waals surface area contributed by atoms with Crippen LogP contribution in [0, 0.1) is 0 Å². The molecule has 1 nitrogen and oxygen atoms in total. The average Bonchev–Trinajstić information content (AvgIpc) is 1.68. The highest BCUT2D eigenvalue weighted by Gasteiger charge is 1.89. The summed E-state index contributed by atoms with van der Waals surface area (Å²) in [6, 6.07) is 0. The number of alkyl halides is 1. The highest BCUT2D eigenvalue weighted by atomic mass is 35.5. The Morgan fingerprint density at radius 1 is 1.67 bits per heavy atom. The standard InChI is InChI=1S/C6H12ClN.ClH/c1-3-5-8(2)6-4-7;/h3H,1,4-6H2,2H3;1H. The van der Waals surface area contributed by atoms with Gasteiger partial charge in [0.15, 0.2) is 0 Å². The number of likely N-dealkylation sites (N-methyl/N-ethyl adjacent to an activating group) is 1. The molecule has 9 heavy (non-hydrogen) atoms. The quantitative estimate of drug-likeness (QED) is 0.459. The summed E-state index contributed by atoms with van der Waals surface area (Å²) in [6.07, 6.45) is 1.87. The second kappa shape index (κ2) is 8.28. The van der Waals surface area contributed by atoms with Gasteiger partial charge in [0.05, 0.1) is 0 Å². The fourth-order valence-corrected chi connectivity index (χ4v) is 0.745. The van der Waals surface area contributed by atoms with Crippen molar-refractivity contribution in [2.45, 2.75) is 0 Å². The Morgan fingerprint density at radius 3 is 2.56 bits per heavy atom. The Kier molecular flexibility index (Phi) is 11.0. The van der Waals surface area contributed by atoms with Crippen LogP contribution >= 0.6 is 24.0 Å². The predicted octanol–water partition coefficient (Wildman–Crippen LogP) is 1.76. The van der Waals surface area contributed by atoms with E-state index in [2.05, 4.69) is 11.5 Å². The van der Waals surface area contributed by atoms with Gasteiger partial charge in [-0.15, -0.1) is 30.6 Å². The van der Waals surface area contributed by atoms with E-state index in [0.29, 0.717) is 5.88 Å². The molecule has 0 saturated carbocycles. The third-order valence-corrected chi connectivity index (χ3v) is 1.08. The van der Waals surface area contributed by atoms with Gasteiger partial charge < -0.3 is 4.90 Å². The Balaban J connectivity index is 0. The zero-order valence-corrected chi connectivity index (χ0v) is 7.21. The van der Waals surface area contributed by atoms with Gasteiger partial charge in [0, 0.05) is 19.0 Å². The van der Waals surface area contributed by atoms with Gasteiger partial charge in [-0.3, -0.25) is 0 Å². The van der Waals surface area contributed by atoms with Gasteiger partial charge in [-0.1, -0.05) is 6.08 Å². The number of hydrogen-bond donors (Lipinski definition) is 0. The first-order valence-electron chi connectivity index (χ1n) is 2.66. The van der Waals surface area contributed by atoms with Crippen LogP contribution in [0.3, 0.4) is 0 Å². The van der Waals surface area contributed by atoms with Crippen LogP contribution in [0.1, 0.15) is 0 Å². The largest absolute Gasteiger partial charge is 0.302 e. The van der Waals surface area contributed by atoms with Crippen LogP contribution in [0.15, 0.2) is 12.7 Å². The van der Waals surface area contributed by atoms with E-state index in [1.54, 1.807) is 0 Å². The first-order valence-corrected chi connectivity index (χ1v) is 3.20. The summed E-state index contributed by atoms with van der Waals surface area (Å²) in [7, 11) is 2.02. The molecule has 0 bridgehead atoms. The van der Waals surface area contributed by atoms with Gasteiger partial charge in [0.2, 0.25) is 0 Å². The molecule has 0 saturated heterocycles. The molecule has 0 heterocycles. The molecule has 3 heteroatoms. The zero-order chi connectivity index (χ0) is 6.41. The minimum atomic E-state index is 0. The lowest BCUT2D eigenvalue weighted by Crippen LogP contribution is -2.20. The lowest BCUT2D eigenvalue weighted by atomic mass is 10.5. The van der Waals surface area contributed by atoms with Crippen molar-refractivity contribution < 1.29 is 0 Å². The van der Waals surface area contributed by atoms with Gasteiger partial charge in [-0.05, 0) is 7.05 Å². The first kappa shape index (κ1) is 12.0. The lowest BCUT2D eigenvalue weighted by Gasteiger charge is -2.10.